The quantitative estimate of drug-likeness (QED) is 0.807. The van der Waals surface area contributed by atoms with E-state index in [1.54, 1.807) is 12.1 Å². The number of nitrogens with one attached hydrogen (secondary N) is 1. The fourth-order valence-electron chi connectivity index (χ4n) is 1.03. The molecule has 0 aliphatic carbocycles. The van der Waals surface area contributed by atoms with Crippen LogP contribution in [0.3, 0.4) is 0 Å². The first-order valence-corrected chi connectivity index (χ1v) is 4.88. The Balaban J connectivity index is 2.59. The normalized spacial score (nSPS) is 12.9. The van der Waals surface area contributed by atoms with Crippen molar-refractivity contribution in [3.63, 3.8) is 0 Å². The molecule has 4 heteroatoms. The second-order valence-corrected chi connectivity index (χ2v) is 3.69. The zero-order chi connectivity index (χ0) is 10.6. The molecule has 0 fully saturated rings. The van der Waals surface area contributed by atoms with Gasteiger partial charge in [0, 0.05) is 29.7 Å². The maximum Gasteiger partial charge on any atom is 0.129 e. The Morgan fingerprint density at radius 1 is 1.57 bits per heavy atom. The van der Waals surface area contributed by atoms with E-state index in [-0.39, 0.29) is 11.9 Å². The molecule has 0 aromatic heterocycles. The van der Waals surface area contributed by atoms with Gasteiger partial charge in [0.25, 0.3) is 0 Å². The zero-order valence-corrected chi connectivity index (χ0v) is 8.81. The highest BCUT2D eigenvalue weighted by molar-refractivity contribution is 6.30. The summed E-state index contributed by atoms with van der Waals surface area (Å²) in [5.41, 5.74) is 6.03. The monoisotopic (exact) mass is 216 g/mol. The van der Waals surface area contributed by atoms with Crippen molar-refractivity contribution in [2.45, 2.75) is 19.5 Å². The fraction of sp³-hybridized carbons (Fsp3) is 0.400. The van der Waals surface area contributed by atoms with Gasteiger partial charge in [-0.25, -0.2) is 4.39 Å². The van der Waals surface area contributed by atoms with Crippen molar-refractivity contribution in [2.75, 3.05) is 6.54 Å². The van der Waals surface area contributed by atoms with Crippen molar-refractivity contribution in [1.82, 2.24) is 5.32 Å². The van der Waals surface area contributed by atoms with E-state index in [2.05, 4.69) is 5.32 Å². The minimum atomic E-state index is -0.283. The van der Waals surface area contributed by atoms with Crippen LogP contribution in [0.4, 0.5) is 4.39 Å². The van der Waals surface area contributed by atoms with Crippen LogP contribution in [0.2, 0.25) is 5.02 Å². The predicted molar refractivity (Wildman–Crippen MR) is 56.8 cm³/mol. The summed E-state index contributed by atoms with van der Waals surface area (Å²) in [5.74, 6) is -0.283. The third-order valence-corrected chi connectivity index (χ3v) is 2.24. The van der Waals surface area contributed by atoms with E-state index in [1.807, 2.05) is 6.92 Å². The van der Waals surface area contributed by atoms with Gasteiger partial charge in [-0.2, -0.15) is 0 Å². The van der Waals surface area contributed by atoms with E-state index in [1.165, 1.54) is 6.07 Å². The lowest BCUT2D eigenvalue weighted by molar-refractivity contribution is 0.533. The molecule has 0 unspecified atom stereocenters. The number of nitrogens with two attached hydrogens (primary N) is 1. The molecule has 1 rings (SSSR count). The molecule has 14 heavy (non-hydrogen) atoms. The number of rotatable bonds is 4. The van der Waals surface area contributed by atoms with Crippen LogP contribution < -0.4 is 11.1 Å². The summed E-state index contributed by atoms with van der Waals surface area (Å²) in [6.45, 7) is 2.96. The molecule has 3 N–H and O–H groups in total. The van der Waals surface area contributed by atoms with Crippen LogP contribution in [0.15, 0.2) is 18.2 Å². The van der Waals surface area contributed by atoms with Crippen molar-refractivity contribution in [3.8, 4) is 0 Å². The van der Waals surface area contributed by atoms with Crippen molar-refractivity contribution >= 4 is 11.6 Å². The molecule has 78 valence electrons. The van der Waals surface area contributed by atoms with Gasteiger partial charge in [0.05, 0.1) is 0 Å². The standard InChI is InChI=1S/C10H14ClFN2/c1-7(5-13)14-6-8-2-3-9(11)4-10(8)12/h2-4,7,14H,5-6,13H2,1H3/t7-/m0/s1. The van der Waals surface area contributed by atoms with Crippen LogP contribution in [0, 0.1) is 5.82 Å². The highest BCUT2D eigenvalue weighted by Gasteiger charge is 2.04. The van der Waals surface area contributed by atoms with Crippen molar-refractivity contribution in [3.05, 3.63) is 34.6 Å². The molecule has 1 atom stereocenters. The van der Waals surface area contributed by atoms with Crippen molar-refractivity contribution in [1.29, 1.82) is 0 Å². The van der Waals surface area contributed by atoms with Gasteiger partial charge in [-0.05, 0) is 19.1 Å². The van der Waals surface area contributed by atoms with Gasteiger partial charge in [0.15, 0.2) is 0 Å². The number of hydrogen-bond acceptors (Lipinski definition) is 2. The molecule has 0 aliphatic heterocycles. The molecule has 0 bridgehead atoms. The Kier molecular flexibility index (Phi) is 4.32. The summed E-state index contributed by atoms with van der Waals surface area (Å²) >= 11 is 5.63. The first kappa shape index (κ1) is 11.4. The molecule has 0 amide bonds. The third kappa shape index (κ3) is 3.25. The van der Waals surface area contributed by atoms with Crippen LogP contribution in [0.5, 0.6) is 0 Å². The number of halogens is 2. The van der Waals surface area contributed by atoms with E-state index in [0.717, 1.165) is 0 Å². The molecule has 0 spiro atoms. The molecule has 0 heterocycles. The van der Waals surface area contributed by atoms with Crippen LogP contribution >= 0.6 is 11.6 Å². The Morgan fingerprint density at radius 3 is 2.86 bits per heavy atom. The van der Waals surface area contributed by atoms with E-state index in [0.29, 0.717) is 23.7 Å². The van der Waals surface area contributed by atoms with Crippen molar-refractivity contribution < 1.29 is 4.39 Å². The average molecular weight is 217 g/mol. The Hall–Kier alpha value is -0.640. The largest absolute Gasteiger partial charge is 0.329 e. The van der Waals surface area contributed by atoms with E-state index in [9.17, 15) is 4.39 Å². The predicted octanol–water partition coefficient (Wildman–Crippen LogP) is 1.92. The first-order chi connectivity index (χ1) is 6.63. The van der Waals surface area contributed by atoms with Crippen LogP contribution in [0.25, 0.3) is 0 Å². The van der Waals surface area contributed by atoms with Gasteiger partial charge in [-0.15, -0.1) is 0 Å². The molecule has 0 radical (unpaired) electrons. The molecular weight excluding hydrogens is 203 g/mol. The average Bonchev–Trinajstić information content (AvgIpc) is 2.16. The molecule has 1 aromatic rings. The summed E-state index contributed by atoms with van der Waals surface area (Å²) in [6.07, 6.45) is 0. The second kappa shape index (κ2) is 5.29. The lowest BCUT2D eigenvalue weighted by Gasteiger charge is -2.11. The summed E-state index contributed by atoms with van der Waals surface area (Å²) in [6, 6.07) is 4.85. The van der Waals surface area contributed by atoms with Gasteiger partial charge < -0.3 is 11.1 Å². The van der Waals surface area contributed by atoms with Gasteiger partial charge in [0.1, 0.15) is 5.82 Å². The minimum Gasteiger partial charge on any atom is -0.329 e. The summed E-state index contributed by atoms with van der Waals surface area (Å²) in [7, 11) is 0. The van der Waals surface area contributed by atoms with Crippen LogP contribution in [0.1, 0.15) is 12.5 Å². The zero-order valence-electron chi connectivity index (χ0n) is 8.06. The molecule has 0 saturated heterocycles. The third-order valence-electron chi connectivity index (χ3n) is 2.01. The second-order valence-electron chi connectivity index (χ2n) is 3.25. The highest BCUT2D eigenvalue weighted by atomic mass is 35.5. The number of hydrogen-bond donors (Lipinski definition) is 2. The SMILES string of the molecule is C[C@@H](CN)NCc1ccc(Cl)cc1F. The van der Waals surface area contributed by atoms with E-state index < -0.39 is 0 Å². The summed E-state index contributed by atoms with van der Waals surface area (Å²) in [4.78, 5) is 0. The first-order valence-electron chi connectivity index (χ1n) is 4.51. The van der Waals surface area contributed by atoms with Gasteiger partial charge in [-0.1, -0.05) is 17.7 Å². The molecule has 0 aliphatic rings. The van der Waals surface area contributed by atoms with E-state index >= 15 is 0 Å². The van der Waals surface area contributed by atoms with E-state index in [4.69, 9.17) is 17.3 Å². The van der Waals surface area contributed by atoms with Crippen LogP contribution in [-0.4, -0.2) is 12.6 Å². The maximum atomic E-state index is 13.2. The maximum absolute atomic E-state index is 13.2. The van der Waals surface area contributed by atoms with Crippen LogP contribution in [-0.2, 0) is 6.54 Å². The molecule has 0 saturated carbocycles. The van der Waals surface area contributed by atoms with Gasteiger partial charge in [-0.3, -0.25) is 0 Å². The lowest BCUT2D eigenvalue weighted by Crippen LogP contribution is -2.32. The Morgan fingerprint density at radius 2 is 2.29 bits per heavy atom. The molecular formula is C10H14ClFN2. The van der Waals surface area contributed by atoms with Crippen molar-refractivity contribution in [2.24, 2.45) is 5.73 Å². The molecule has 2 nitrogen and oxygen atoms in total. The van der Waals surface area contributed by atoms with Gasteiger partial charge in [0.2, 0.25) is 0 Å². The lowest BCUT2D eigenvalue weighted by atomic mass is 10.2. The smallest absolute Gasteiger partial charge is 0.129 e. The fourth-order valence-corrected chi connectivity index (χ4v) is 1.19. The Bertz CT molecular complexity index is 304. The number of benzene rings is 1. The van der Waals surface area contributed by atoms with Gasteiger partial charge >= 0.3 is 0 Å². The topological polar surface area (TPSA) is 38.0 Å². The highest BCUT2D eigenvalue weighted by Crippen LogP contribution is 2.14. The minimum absolute atomic E-state index is 0.185. The Labute approximate surface area is 88.2 Å². The summed E-state index contributed by atoms with van der Waals surface area (Å²) < 4.78 is 13.2. The summed E-state index contributed by atoms with van der Waals surface area (Å²) in [5, 5.41) is 3.52. The molecule has 1 aromatic carbocycles.